The SMILES string of the molecule is CC(C(=O)c1ccccc1)c1nc(-c2ccncc2)no1. The lowest BCUT2D eigenvalue weighted by Crippen LogP contribution is -2.09. The molecule has 0 N–H and O–H groups in total. The van der Waals surface area contributed by atoms with E-state index in [9.17, 15) is 4.79 Å². The third kappa shape index (κ3) is 2.72. The van der Waals surface area contributed by atoms with E-state index >= 15 is 0 Å². The van der Waals surface area contributed by atoms with Gasteiger partial charge in [-0.3, -0.25) is 9.78 Å². The average molecular weight is 279 g/mol. The first-order valence-corrected chi connectivity index (χ1v) is 6.59. The first kappa shape index (κ1) is 13.2. The van der Waals surface area contributed by atoms with Crippen LogP contribution in [0.1, 0.15) is 29.1 Å². The summed E-state index contributed by atoms with van der Waals surface area (Å²) in [6.07, 6.45) is 3.31. The maximum absolute atomic E-state index is 12.4. The van der Waals surface area contributed by atoms with Crippen LogP contribution in [-0.4, -0.2) is 20.9 Å². The lowest BCUT2D eigenvalue weighted by Gasteiger charge is -2.04. The van der Waals surface area contributed by atoms with Crippen molar-refractivity contribution in [3.8, 4) is 11.4 Å². The van der Waals surface area contributed by atoms with Crippen LogP contribution in [0.3, 0.4) is 0 Å². The Kier molecular flexibility index (Phi) is 3.55. The maximum atomic E-state index is 12.4. The molecular weight excluding hydrogens is 266 g/mol. The molecule has 21 heavy (non-hydrogen) atoms. The van der Waals surface area contributed by atoms with Gasteiger partial charge in [-0.05, 0) is 19.1 Å². The number of ketones is 1. The molecule has 5 nitrogen and oxygen atoms in total. The summed E-state index contributed by atoms with van der Waals surface area (Å²) in [5, 5.41) is 3.92. The van der Waals surface area contributed by atoms with Crippen molar-refractivity contribution >= 4 is 5.78 Å². The summed E-state index contributed by atoms with van der Waals surface area (Å²) in [6, 6.07) is 12.7. The van der Waals surface area contributed by atoms with E-state index in [0.717, 1.165) is 5.56 Å². The van der Waals surface area contributed by atoms with Gasteiger partial charge in [0.15, 0.2) is 5.78 Å². The molecule has 1 aromatic carbocycles. The van der Waals surface area contributed by atoms with E-state index in [1.54, 1.807) is 43.6 Å². The Morgan fingerprint density at radius 2 is 1.81 bits per heavy atom. The molecule has 0 aliphatic heterocycles. The standard InChI is InChI=1S/C16H13N3O2/c1-11(14(20)12-5-3-2-4-6-12)16-18-15(19-21-16)13-7-9-17-10-8-13/h2-11H,1H3. The lowest BCUT2D eigenvalue weighted by atomic mass is 9.99. The normalized spacial score (nSPS) is 12.0. The molecule has 0 amide bonds. The van der Waals surface area contributed by atoms with Crippen LogP contribution in [0.15, 0.2) is 59.4 Å². The van der Waals surface area contributed by atoms with Crippen LogP contribution in [0, 0.1) is 0 Å². The molecule has 104 valence electrons. The highest BCUT2D eigenvalue weighted by atomic mass is 16.5. The van der Waals surface area contributed by atoms with Gasteiger partial charge in [0, 0.05) is 23.5 Å². The Morgan fingerprint density at radius 1 is 1.10 bits per heavy atom. The van der Waals surface area contributed by atoms with Crippen molar-refractivity contribution in [1.82, 2.24) is 15.1 Å². The second-order valence-corrected chi connectivity index (χ2v) is 4.64. The minimum absolute atomic E-state index is 0.0412. The Hall–Kier alpha value is -2.82. The number of pyridine rings is 1. The third-order valence-electron chi connectivity index (χ3n) is 3.20. The van der Waals surface area contributed by atoms with Crippen molar-refractivity contribution in [2.75, 3.05) is 0 Å². The number of carbonyl (C=O) groups excluding carboxylic acids is 1. The molecule has 0 saturated carbocycles. The topological polar surface area (TPSA) is 68.9 Å². The minimum atomic E-state index is -0.476. The maximum Gasteiger partial charge on any atom is 0.237 e. The van der Waals surface area contributed by atoms with Gasteiger partial charge in [-0.1, -0.05) is 35.5 Å². The van der Waals surface area contributed by atoms with Crippen molar-refractivity contribution in [3.63, 3.8) is 0 Å². The molecule has 2 aromatic heterocycles. The van der Waals surface area contributed by atoms with Crippen LogP contribution in [0.4, 0.5) is 0 Å². The van der Waals surface area contributed by atoms with E-state index in [1.165, 1.54) is 0 Å². The smallest absolute Gasteiger partial charge is 0.237 e. The van der Waals surface area contributed by atoms with Crippen molar-refractivity contribution < 1.29 is 9.32 Å². The van der Waals surface area contributed by atoms with Crippen molar-refractivity contribution in [2.45, 2.75) is 12.8 Å². The first-order chi connectivity index (χ1) is 10.3. The molecule has 1 atom stereocenters. The summed E-state index contributed by atoms with van der Waals surface area (Å²) in [5.74, 6) is 0.256. The number of hydrogen-bond donors (Lipinski definition) is 0. The molecule has 5 heteroatoms. The summed E-state index contributed by atoms with van der Waals surface area (Å²) in [7, 11) is 0. The van der Waals surface area contributed by atoms with Crippen molar-refractivity contribution in [3.05, 3.63) is 66.3 Å². The van der Waals surface area contributed by atoms with E-state index < -0.39 is 5.92 Å². The van der Waals surface area contributed by atoms with E-state index in [-0.39, 0.29) is 5.78 Å². The van der Waals surface area contributed by atoms with Crippen LogP contribution in [-0.2, 0) is 0 Å². The summed E-state index contributed by atoms with van der Waals surface area (Å²) < 4.78 is 5.22. The highest BCUT2D eigenvalue weighted by Gasteiger charge is 2.23. The molecule has 0 fully saturated rings. The van der Waals surface area contributed by atoms with Gasteiger partial charge in [-0.2, -0.15) is 4.98 Å². The minimum Gasteiger partial charge on any atom is -0.338 e. The molecule has 0 aliphatic carbocycles. The fourth-order valence-electron chi connectivity index (χ4n) is 1.99. The van der Waals surface area contributed by atoms with Gasteiger partial charge >= 0.3 is 0 Å². The van der Waals surface area contributed by atoms with E-state index in [0.29, 0.717) is 17.3 Å². The van der Waals surface area contributed by atoms with Crippen LogP contribution < -0.4 is 0 Å². The van der Waals surface area contributed by atoms with Crippen LogP contribution in [0.2, 0.25) is 0 Å². The van der Waals surface area contributed by atoms with Gasteiger partial charge in [-0.15, -0.1) is 0 Å². The Bertz CT molecular complexity index is 738. The van der Waals surface area contributed by atoms with Crippen molar-refractivity contribution in [2.24, 2.45) is 0 Å². The van der Waals surface area contributed by atoms with Gasteiger partial charge in [-0.25, -0.2) is 0 Å². The van der Waals surface area contributed by atoms with Crippen molar-refractivity contribution in [1.29, 1.82) is 0 Å². The van der Waals surface area contributed by atoms with Crippen LogP contribution in [0.5, 0.6) is 0 Å². The largest absolute Gasteiger partial charge is 0.338 e. The highest BCUT2D eigenvalue weighted by molar-refractivity contribution is 6.00. The quantitative estimate of drug-likeness (QED) is 0.686. The molecule has 1 unspecified atom stereocenters. The van der Waals surface area contributed by atoms with E-state index in [2.05, 4.69) is 15.1 Å². The second-order valence-electron chi connectivity index (χ2n) is 4.64. The number of benzene rings is 1. The molecular formula is C16H13N3O2. The molecule has 0 bridgehead atoms. The number of hydrogen-bond acceptors (Lipinski definition) is 5. The predicted octanol–water partition coefficient (Wildman–Crippen LogP) is 3.12. The summed E-state index contributed by atoms with van der Waals surface area (Å²) in [5.41, 5.74) is 1.44. The molecule has 3 rings (SSSR count). The fraction of sp³-hybridized carbons (Fsp3) is 0.125. The van der Waals surface area contributed by atoms with Gasteiger partial charge < -0.3 is 4.52 Å². The molecule has 0 saturated heterocycles. The summed E-state index contributed by atoms with van der Waals surface area (Å²) in [6.45, 7) is 1.76. The Morgan fingerprint density at radius 3 is 2.52 bits per heavy atom. The van der Waals surface area contributed by atoms with Gasteiger partial charge in [0.2, 0.25) is 11.7 Å². The Labute approximate surface area is 121 Å². The number of carbonyl (C=O) groups is 1. The van der Waals surface area contributed by atoms with Crippen LogP contribution >= 0.6 is 0 Å². The summed E-state index contributed by atoms with van der Waals surface area (Å²) >= 11 is 0. The highest BCUT2D eigenvalue weighted by Crippen LogP contribution is 2.22. The zero-order chi connectivity index (χ0) is 14.7. The zero-order valence-corrected chi connectivity index (χ0v) is 11.4. The van der Waals surface area contributed by atoms with Gasteiger partial charge in [0.25, 0.3) is 0 Å². The van der Waals surface area contributed by atoms with E-state index in [1.807, 2.05) is 18.2 Å². The number of rotatable bonds is 4. The number of aromatic nitrogens is 3. The van der Waals surface area contributed by atoms with Gasteiger partial charge in [0.05, 0.1) is 5.92 Å². The van der Waals surface area contributed by atoms with Gasteiger partial charge in [0.1, 0.15) is 0 Å². The molecule has 0 radical (unpaired) electrons. The predicted molar refractivity (Wildman–Crippen MR) is 76.7 cm³/mol. The first-order valence-electron chi connectivity index (χ1n) is 6.59. The third-order valence-corrected chi connectivity index (χ3v) is 3.20. The monoisotopic (exact) mass is 279 g/mol. The summed E-state index contributed by atoms with van der Waals surface area (Å²) in [4.78, 5) is 20.6. The number of Topliss-reactive ketones (excluding diaryl/α,β-unsaturated/α-hetero) is 1. The molecule has 0 spiro atoms. The van der Waals surface area contributed by atoms with Crippen LogP contribution in [0.25, 0.3) is 11.4 Å². The number of nitrogens with zero attached hydrogens (tertiary/aromatic N) is 3. The molecule has 0 aliphatic rings. The van der Waals surface area contributed by atoms with E-state index in [4.69, 9.17) is 4.52 Å². The average Bonchev–Trinajstić information content (AvgIpc) is 3.05. The Balaban J connectivity index is 1.85. The fourth-order valence-corrected chi connectivity index (χ4v) is 1.99. The molecule has 3 aromatic rings. The lowest BCUT2D eigenvalue weighted by molar-refractivity contribution is 0.0951. The second kappa shape index (κ2) is 5.66. The zero-order valence-electron chi connectivity index (χ0n) is 11.4. The molecule has 2 heterocycles.